The average molecular weight is 155 g/mol. The number of nitrogens with two attached hydrogens (primary N) is 1. The van der Waals surface area contributed by atoms with E-state index in [1.165, 1.54) is 32.1 Å². The molecular formula is C9H17NO. The van der Waals surface area contributed by atoms with E-state index in [0.29, 0.717) is 5.41 Å². The summed E-state index contributed by atoms with van der Waals surface area (Å²) in [7, 11) is 1.77. The van der Waals surface area contributed by atoms with Crippen molar-refractivity contribution in [2.24, 2.45) is 11.1 Å². The van der Waals surface area contributed by atoms with Crippen molar-refractivity contribution >= 4 is 0 Å². The van der Waals surface area contributed by atoms with Crippen molar-refractivity contribution in [1.29, 1.82) is 0 Å². The van der Waals surface area contributed by atoms with Crippen LogP contribution in [0.5, 0.6) is 0 Å². The van der Waals surface area contributed by atoms with Crippen molar-refractivity contribution in [3.05, 3.63) is 0 Å². The van der Waals surface area contributed by atoms with Crippen molar-refractivity contribution in [3.63, 3.8) is 0 Å². The highest BCUT2D eigenvalue weighted by Gasteiger charge is 2.62. The highest BCUT2D eigenvalue weighted by molar-refractivity contribution is 5.18. The molecule has 0 aromatic carbocycles. The van der Waals surface area contributed by atoms with E-state index in [-0.39, 0.29) is 5.54 Å². The lowest BCUT2D eigenvalue weighted by molar-refractivity contribution is 0.160. The SMILES string of the molecule is COCCC1(C2(N)CC2)CC1. The van der Waals surface area contributed by atoms with Crippen LogP contribution in [0.15, 0.2) is 0 Å². The smallest absolute Gasteiger partial charge is 0.0468 e. The summed E-state index contributed by atoms with van der Waals surface area (Å²) >= 11 is 0. The molecular weight excluding hydrogens is 138 g/mol. The summed E-state index contributed by atoms with van der Waals surface area (Å²) in [5, 5.41) is 0. The van der Waals surface area contributed by atoms with Crippen molar-refractivity contribution < 1.29 is 4.74 Å². The molecule has 2 rings (SSSR count). The average Bonchev–Trinajstić information content (AvgIpc) is 2.81. The van der Waals surface area contributed by atoms with Gasteiger partial charge in [0.25, 0.3) is 0 Å². The molecule has 0 saturated heterocycles. The molecule has 0 radical (unpaired) electrons. The van der Waals surface area contributed by atoms with Gasteiger partial charge in [0, 0.05) is 19.3 Å². The second-order valence-corrected chi connectivity index (χ2v) is 4.18. The molecule has 2 nitrogen and oxygen atoms in total. The van der Waals surface area contributed by atoms with Crippen LogP contribution in [0.1, 0.15) is 32.1 Å². The zero-order chi connectivity index (χ0) is 7.95. The van der Waals surface area contributed by atoms with Gasteiger partial charge >= 0.3 is 0 Å². The van der Waals surface area contributed by atoms with E-state index in [2.05, 4.69) is 0 Å². The molecule has 2 aliphatic rings. The lowest BCUT2D eigenvalue weighted by Gasteiger charge is -2.21. The van der Waals surface area contributed by atoms with E-state index >= 15 is 0 Å². The van der Waals surface area contributed by atoms with Crippen molar-refractivity contribution in [2.75, 3.05) is 13.7 Å². The quantitative estimate of drug-likeness (QED) is 0.664. The fourth-order valence-electron chi connectivity index (χ4n) is 2.11. The maximum absolute atomic E-state index is 6.17. The van der Waals surface area contributed by atoms with Crippen molar-refractivity contribution in [3.8, 4) is 0 Å². The number of rotatable bonds is 4. The molecule has 2 heteroatoms. The lowest BCUT2D eigenvalue weighted by atomic mass is 9.91. The fourth-order valence-corrected chi connectivity index (χ4v) is 2.11. The van der Waals surface area contributed by atoms with Crippen LogP contribution in [0.2, 0.25) is 0 Å². The number of ether oxygens (including phenoxy) is 1. The van der Waals surface area contributed by atoms with E-state index in [9.17, 15) is 0 Å². The first-order chi connectivity index (χ1) is 5.22. The molecule has 0 heterocycles. The minimum Gasteiger partial charge on any atom is -0.385 e. The van der Waals surface area contributed by atoms with Crippen LogP contribution in [0.3, 0.4) is 0 Å². The van der Waals surface area contributed by atoms with Crippen LogP contribution in [-0.4, -0.2) is 19.3 Å². The van der Waals surface area contributed by atoms with E-state index in [1.54, 1.807) is 7.11 Å². The third-order valence-electron chi connectivity index (χ3n) is 3.48. The molecule has 11 heavy (non-hydrogen) atoms. The Balaban J connectivity index is 1.89. The third kappa shape index (κ3) is 1.09. The Labute approximate surface area is 68.1 Å². The predicted octanol–water partition coefficient (Wildman–Crippen LogP) is 1.29. The van der Waals surface area contributed by atoms with Gasteiger partial charge in [-0.1, -0.05) is 0 Å². The standard InChI is InChI=1S/C9H17NO/c1-11-7-6-8(2-3-8)9(10)4-5-9/h2-7,10H2,1H3. The lowest BCUT2D eigenvalue weighted by Crippen LogP contribution is -2.34. The Bertz CT molecular complexity index is 159. The molecule has 0 unspecified atom stereocenters. The minimum absolute atomic E-state index is 0.228. The van der Waals surface area contributed by atoms with E-state index < -0.39 is 0 Å². The van der Waals surface area contributed by atoms with E-state index in [4.69, 9.17) is 10.5 Å². The summed E-state index contributed by atoms with van der Waals surface area (Å²) in [6, 6.07) is 0. The molecule has 0 aliphatic heterocycles. The summed E-state index contributed by atoms with van der Waals surface area (Å²) in [5.74, 6) is 0. The molecule has 0 atom stereocenters. The molecule has 0 bridgehead atoms. The van der Waals surface area contributed by atoms with E-state index in [1.807, 2.05) is 0 Å². The monoisotopic (exact) mass is 155 g/mol. The molecule has 2 saturated carbocycles. The van der Waals surface area contributed by atoms with Crippen LogP contribution in [-0.2, 0) is 4.74 Å². The molecule has 2 N–H and O–H groups in total. The first-order valence-electron chi connectivity index (χ1n) is 4.50. The highest BCUT2D eigenvalue weighted by Crippen LogP contribution is 2.64. The summed E-state index contributed by atoms with van der Waals surface area (Å²) in [6.45, 7) is 0.888. The van der Waals surface area contributed by atoms with Crippen LogP contribution in [0.4, 0.5) is 0 Å². The largest absolute Gasteiger partial charge is 0.385 e. The number of methoxy groups -OCH3 is 1. The van der Waals surface area contributed by atoms with Crippen LogP contribution in [0, 0.1) is 5.41 Å². The first kappa shape index (κ1) is 7.56. The minimum atomic E-state index is 0.228. The molecule has 2 fully saturated rings. The van der Waals surface area contributed by atoms with Gasteiger partial charge in [-0.15, -0.1) is 0 Å². The Kier molecular flexibility index (Phi) is 1.52. The second kappa shape index (κ2) is 2.20. The van der Waals surface area contributed by atoms with Crippen LogP contribution in [0.25, 0.3) is 0 Å². The van der Waals surface area contributed by atoms with E-state index in [0.717, 1.165) is 6.61 Å². The zero-order valence-electron chi connectivity index (χ0n) is 7.23. The maximum atomic E-state index is 6.17. The molecule has 0 spiro atoms. The summed E-state index contributed by atoms with van der Waals surface area (Å²) in [4.78, 5) is 0. The van der Waals surface area contributed by atoms with Gasteiger partial charge in [-0.25, -0.2) is 0 Å². The van der Waals surface area contributed by atoms with Crippen molar-refractivity contribution in [2.45, 2.75) is 37.6 Å². The van der Waals surface area contributed by atoms with Gasteiger partial charge in [0.1, 0.15) is 0 Å². The summed E-state index contributed by atoms with van der Waals surface area (Å²) in [6.07, 6.45) is 6.35. The van der Waals surface area contributed by atoms with Gasteiger partial charge in [0.15, 0.2) is 0 Å². The highest BCUT2D eigenvalue weighted by atomic mass is 16.5. The molecule has 0 aromatic heterocycles. The maximum Gasteiger partial charge on any atom is 0.0468 e. The Hall–Kier alpha value is -0.0800. The number of hydrogen-bond acceptors (Lipinski definition) is 2. The Morgan fingerprint density at radius 3 is 2.27 bits per heavy atom. The van der Waals surface area contributed by atoms with Gasteiger partial charge in [0.2, 0.25) is 0 Å². The van der Waals surface area contributed by atoms with Gasteiger partial charge in [0.05, 0.1) is 0 Å². The normalized spacial score (nSPS) is 30.0. The molecule has 64 valence electrons. The Morgan fingerprint density at radius 2 is 1.91 bits per heavy atom. The second-order valence-electron chi connectivity index (χ2n) is 4.18. The zero-order valence-corrected chi connectivity index (χ0v) is 7.23. The van der Waals surface area contributed by atoms with Gasteiger partial charge in [-0.3, -0.25) is 0 Å². The predicted molar refractivity (Wildman–Crippen MR) is 44.3 cm³/mol. The van der Waals surface area contributed by atoms with Crippen LogP contribution >= 0.6 is 0 Å². The summed E-state index contributed by atoms with van der Waals surface area (Å²) in [5.41, 5.74) is 6.90. The summed E-state index contributed by atoms with van der Waals surface area (Å²) < 4.78 is 5.09. The van der Waals surface area contributed by atoms with Crippen LogP contribution < -0.4 is 5.73 Å². The topological polar surface area (TPSA) is 35.2 Å². The van der Waals surface area contributed by atoms with Crippen molar-refractivity contribution in [1.82, 2.24) is 0 Å². The fraction of sp³-hybridized carbons (Fsp3) is 1.00. The first-order valence-corrected chi connectivity index (χ1v) is 4.50. The third-order valence-corrected chi connectivity index (χ3v) is 3.48. The van der Waals surface area contributed by atoms with Gasteiger partial charge in [-0.05, 0) is 37.5 Å². The molecule has 2 aliphatic carbocycles. The van der Waals surface area contributed by atoms with Gasteiger partial charge in [-0.2, -0.15) is 0 Å². The Morgan fingerprint density at radius 1 is 1.27 bits per heavy atom. The molecule has 0 aromatic rings. The van der Waals surface area contributed by atoms with Gasteiger partial charge < -0.3 is 10.5 Å². The molecule has 0 amide bonds. The number of hydrogen-bond donors (Lipinski definition) is 1.